The summed E-state index contributed by atoms with van der Waals surface area (Å²) in [6, 6.07) is 7.51. The maximum atomic E-state index is 12.0. The molecule has 1 heterocycles. The lowest BCUT2D eigenvalue weighted by molar-refractivity contribution is -0.384. The minimum Gasteiger partial charge on any atom is -0.379 e. The minimum absolute atomic E-state index is 0.0363. The van der Waals surface area contributed by atoms with Crippen LogP contribution >= 0.6 is 0 Å². The highest BCUT2D eigenvalue weighted by atomic mass is 16.6. The van der Waals surface area contributed by atoms with E-state index in [0.717, 1.165) is 13.1 Å². The number of nitro benzene ring substituents is 1. The normalized spacial score (nSPS) is 15.5. The van der Waals surface area contributed by atoms with Crippen molar-refractivity contribution in [2.45, 2.75) is 0 Å². The van der Waals surface area contributed by atoms with E-state index in [-0.39, 0.29) is 11.3 Å². The second kappa shape index (κ2) is 8.76. The Balaban J connectivity index is 1.90. The average molecular weight is 330 g/mol. The average Bonchev–Trinajstić information content (AvgIpc) is 2.60. The lowest BCUT2D eigenvalue weighted by atomic mass is 10.1. The molecule has 1 aliphatic rings. The van der Waals surface area contributed by atoms with Crippen LogP contribution in [0.2, 0.25) is 0 Å². The number of non-ortho nitro benzene ring substituents is 1. The van der Waals surface area contributed by atoms with Gasteiger partial charge in [-0.3, -0.25) is 19.8 Å². The fraction of sp³-hybridized carbons (Fsp3) is 0.375. The van der Waals surface area contributed by atoms with E-state index in [9.17, 15) is 14.9 Å². The van der Waals surface area contributed by atoms with Crippen LogP contribution in [-0.2, 0) is 9.53 Å². The summed E-state index contributed by atoms with van der Waals surface area (Å²) in [6.07, 6.45) is 1.41. The highest BCUT2D eigenvalue weighted by Crippen LogP contribution is 2.14. The summed E-state index contributed by atoms with van der Waals surface area (Å²) in [4.78, 5) is 24.3. The summed E-state index contributed by atoms with van der Waals surface area (Å²) in [7, 11) is 0. The Morgan fingerprint density at radius 1 is 1.38 bits per heavy atom. The number of rotatable bonds is 6. The van der Waals surface area contributed by atoms with Gasteiger partial charge in [0.25, 0.3) is 11.6 Å². The van der Waals surface area contributed by atoms with Crippen LogP contribution in [0.25, 0.3) is 6.08 Å². The first-order chi connectivity index (χ1) is 11.6. The molecule has 0 unspecified atom stereocenters. The van der Waals surface area contributed by atoms with Crippen LogP contribution in [-0.4, -0.2) is 55.1 Å². The van der Waals surface area contributed by atoms with Crippen LogP contribution in [0.5, 0.6) is 0 Å². The minimum atomic E-state index is -0.503. The number of morpholine rings is 1. The zero-order valence-corrected chi connectivity index (χ0v) is 13.1. The molecule has 0 spiro atoms. The molecule has 1 N–H and O–H groups in total. The summed E-state index contributed by atoms with van der Waals surface area (Å²) in [5.41, 5.74) is 0.479. The molecule has 8 heteroatoms. The van der Waals surface area contributed by atoms with E-state index in [4.69, 9.17) is 10.00 Å². The van der Waals surface area contributed by atoms with E-state index in [1.165, 1.54) is 30.3 Å². The third kappa shape index (κ3) is 5.15. The standard InChI is InChI=1S/C16H18N4O4/c17-12-14(11-13-1-3-15(4-2-13)20(22)23)16(21)18-5-6-19-7-9-24-10-8-19/h1-4,11H,5-10H2,(H,18,21)/b14-11-. The Kier molecular flexibility index (Phi) is 6.42. The first kappa shape index (κ1) is 17.6. The Bertz CT molecular complexity index is 658. The molecule has 24 heavy (non-hydrogen) atoms. The predicted molar refractivity (Wildman–Crippen MR) is 87.0 cm³/mol. The van der Waals surface area contributed by atoms with Crippen molar-refractivity contribution in [3.63, 3.8) is 0 Å². The van der Waals surface area contributed by atoms with Crippen molar-refractivity contribution >= 4 is 17.7 Å². The molecule has 1 aromatic carbocycles. The van der Waals surface area contributed by atoms with E-state index < -0.39 is 10.8 Å². The summed E-state index contributed by atoms with van der Waals surface area (Å²) >= 11 is 0. The van der Waals surface area contributed by atoms with Crippen LogP contribution < -0.4 is 5.32 Å². The van der Waals surface area contributed by atoms with Crippen molar-refractivity contribution in [2.24, 2.45) is 0 Å². The van der Waals surface area contributed by atoms with Crippen molar-refractivity contribution < 1.29 is 14.5 Å². The molecule has 2 rings (SSSR count). The Labute approximate surface area is 139 Å². The first-order valence-electron chi connectivity index (χ1n) is 7.54. The van der Waals surface area contributed by atoms with Gasteiger partial charge < -0.3 is 10.1 Å². The molecule has 1 amide bonds. The van der Waals surface area contributed by atoms with E-state index in [1.807, 2.05) is 6.07 Å². The summed E-state index contributed by atoms with van der Waals surface area (Å²) in [5.74, 6) is -0.455. The molecule has 0 aromatic heterocycles. The molecule has 126 valence electrons. The maximum Gasteiger partial charge on any atom is 0.269 e. The van der Waals surface area contributed by atoms with Gasteiger partial charge in [0.2, 0.25) is 0 Å². The van der Waals surface area contributed by atoms with Crippen LogP contribution in [0.3, 0.4) is 0 Å². The number of carbonyl (C=O) groups is 1. The van der Waals surface area contributed by atoms with E-state index in [0.29, 0.717) is 31.9 Å². The lowest BCUT2D eigenvalue weighted by Crippen LogP contribution is -2.41. The molecule has 1 saturated heterocycles. The van der Waals surface area contributed by atoms with E-state index in [1.54, 1.807) is 0 Å². The number of carbonyl (C=O) groups excluding carboxylic acids is 1. The predicted octanol–water partition coefficient (Wildman–Crippen LogP) is 0.950. The summed E-state index contributed by atoms with van der Waals surface area (Å²) in [5, 5.41) is 22.5. The van der Waals surface area contributed by atoms with Crippen LogP contribution in [0.4, 0.5) is 5.69 Å². The molecule has 0 saturated carbocycles. The van der Waals surface area contributed by atoms with Gasteiger partial charge in [-0.25, -0.2) is 0 Å². The molecular weight excluding hydrogens is 312 g/mol. The molecule has 0 aliphatic carbocycles. The lowest BCUT2D eigenvalue weighted by Gasteiger charge is -2.26. The maximum absolute atomic E-state index is 12.0. The number of nitro groups is 1. The van der Waals surface area contributed by atoms with Crippen LogP contribution in [0, 0.1) is 21.4 Å². The van der Waals surface area contributed by atoms with Crippen molar-refractivity contribution in [3.8, 4) is 6.07 Å². The molecule has 0 atom stereocenters. The van der Waals surface area contributed by atoms with Crippen molar-refractivity contribution in [1.82, 2.24) is 10.2 Å². The zero-order valence-electron chi connectivity index (χ0n) is 13.1. The largest absolute Gasteiger partial charge is 0.379 e. The number of benzene rings is 1. The number of nitrogens with zero attached hydrogens (tertiary/aromatic N) is 3. The number of amides is 1. The third-order valence-corrected chi connectivity index (χ3v) is 3.60. The van der Waals surface area contributed by atoms with Gasteiger partial charge in [0.15, 0.2) is 0 Å². The number of nitrogens with one attached hydrogen (secondary N) is 1. The molecule has 1 aliphatic heterocycles. The van der Waals surface area contributed by atoms with Gasteiger partial charge in [-0.2, -0.15) is 5.26 Å². The van der Waals surface area contributed by atoms with Gasteiger partial charge >= 0.3 is 0 Å². The highest BCUT2D eigenvalue weighted by molar-refractivity contribution is 6.01. The second-order valence-electron chi connectivity index (χ2n) is 5.23. The highest BCUT2D eigenvalue weighted by Gasteiger charge is 2.12. The number of ether oxygens (including phenoxy) is 1. The Hall–Kier alpha value is -2.76. The Morgan fingerprint density at radius 3 is 2.62 bits per heavy atom. The number of nitriles is 1. The molecule has 0 radical (unpaired) electrons. The third-order valence-electron chi connectivity index (χ3n) is 3.60. The second-order valence-corrected chi connectivity index (χ2v) is 5.23. The first-order valence-corrected chi connectivity index (χ1v) is 7.54. The quantitative estimate of drug-likeness (QED) is 0.360. The number of hydrogen-bond donors (Lipinski definition) is 1. The fourth-order valence-electron chi connectivity index (χ4n) is 2.26. The monoisotopic (exact) mass is 330 g/mol. The van der Waals surface area contributed by atoms with E-state index in [2.05, 4.69) is 10.2 Å². The van der Waals surface area contributed by atoms with Gasteiger partial charge in [0, 0.05) is 38.3 Å². The molecule has 1 aromatic rings. The summed E-state index contributed by atoms with van der Waals surface area (Å²) in [6.45, 7) is 4.19. The van der Waals surface area contributed by atoms with Gasteiger partial charge in [0.1, 0.15) is 11.6 Å². The van der Waals surface area contributed by atoms with Gasteiger partial charge in [-0.15, -0.1) is 0 Å². The van der Waals surface area contributed by atoms with Crippen LogP contribution in [0.1, 0.15) is 5.56 Å². The number of hydrogen-bond acceptors (Lipinski definition) is 6. The summed E-state index contributed by atoms with van der Waals surface area (Å²) < 4.78 is 5.25. The zero-order chi connectivity index (χ0) is 17.4. The van der Waals surface area contributed by atoms with Gasteiger partial charge in [-0.1, -0.05) is 0 Å². The molecular formula is C16H18N4O4. The fourth-order valence-corrected chi connectivity index (χ4v) is 2.26. The van der Waals surface area contributed by atoms with E-state index >= 15 is 0 Å². The van der Waals surface area contributed by atoms with Crippen molar-refractivity contribution in [3.05, 3.63) is 45.5 Å². The molecule has 1 fully saturated rings. The SMILES string of the molecule is N#C/C(=C/c1ccc([N+](=O)[O-])cc1)C(=O)NCCN1CCOCC1. The molecule has 0 bridgehead atoms. The van der Waals surface area contributed by atoms with Gasteiger partial charge in [-0.05, 0) is 23.8 Å². The van der Waals surface area contributed by atoms with Crippen LogP contribution in [0.15, 0.2) is 29.8 Å². The Morgan fingerprint density at radius 2 is 2.04 bits per heavy atom. The van der Waals surface area contributed by atoms with Gasteiger partial charge in [0.05, 0.1) is 18.1 Å². The smallest absolute Gasteiger partial charge is 0.269 e. The van der Waals surface area contributed by atoms with Crippen molar-refractivity contribution in [1.29, 1.82) is 5.26 Å². The topological polar surface area (TPSA) is 108 Å². The van der Waals surface area contributed by atoms with Crippen molar-refractivity contribution in [2.75, 3.05) is 39.4 Å². The molecule has 8 nitrogen and oxygen atoms in total.